The molecule has 2 aromatic rings. The van der Waals surface area contributed by atoms with Crippen LogP contribution in [0.2, 0.25) is 0 Å². The highest BCUT2D eigenvalue weighted by molar-refractivity contribution is 7.89. The molecule has 0 saturated carbocycles. The van der Waals surface area contributed by atoms with Gasteiger partial charge in [0.2, 0.25) is 15.9 Å². The quantitative estimate of drug-likeness (QED) is 0.719. The van der Waals surface area contributed by atoms with E-state index in [2.05, 4.69) is 22.3 Å². The fraction of sp³-hybridized carbons (Fsp3) is 0.409. The molecule has 0 radical (unpaired) electrons. The molecule has 1 unspecified atom stereocenters. The van der Waals surface area contributed by atoms with E-state index >= 15 is 0 Å². The molecule has 1 aliphatic heterocycles. The largest absolute Gasteiger partial charge is 0.353 e. The second-order valence-electron chi connectivity index (χ2n) is 7.55. The lowest BCUT2D eigenvalue weighted by Crippen LogP contribution is -2.42. The van der Waals surface area contributed by atoms with Gasteiger partial charge in [0.15, 0.2) is 0 Å². The molecule has 3 rings (SSSR count). The number of carbonyl (C=O) groups excluding carboxylic acids is 1. The fourth-order valence-corrected chi connectivity index (χ4v) is 4.76. The zero-order valence-corrected chi connectivity index (χ0v) is 17.9. The Morgan fingerprint density at radius 2 is 1.69 bits per heavy atom. The Labute approximate surface area is 173 Å². The van der Waals surface area contributed by atoms with Gasteiger partial charge in [-0.25, -0.2) is 8.42 Å². The predicted molar refractivity (Wildman–Crippen MR) is 114 cm³/mol. The van der Waals surface area contributed by atoms with Gasteiger partial charge in [0.05, 0.1) is 17.5 Å². The molecule has 7 heteroatoms. The van der Waals surface area contributed by atoms with E-state index in [-0.39, 0.29) is 23.4 Å². The standard InChI is InChI=1S/C22H29N3O3S/c1-18-10-12-20(13-11-18)29(27,28)24(2)17-22(26)23-16-21(25-14-6-7-15-25)19-8-4-3-5-9-19/h3-5,8-13,21H,6-7,14-17H2,1-2H3,(H,23,26). The summed E-state index contributed by atoms with van der Waals surface area (Å²) in [6.07, 6.45) is 2.32. The Morgan fingerprint density at radius 1 is 1.07 bits per heavy atom. The first-order valence-electron chi connectivity index (χ1n) is 9.96. The highest BCUT2D eigenvalue weighted by atomic mass is 32.2. The van der Waals surface area contributed by atoms with Crippen LogP contribution in [0.1, 0.15) is 30.0 Å². The number of nitrogens with zero attached hydrogens (tertiary/aromatic N) is 2. The molecular formula is C22H29N3O3S. The minimum absolute atomic E-state index is 0.0988. The molecule has 1 heterocycles. The van der Waals surface area contributed by atoms with Gasteiger partial charge in [0.25, 0.3) is 0 Å². The van der Waals surface area contributed by atoms with Gasteiger partial charge in [-0.1, -0.05) is 48.0 Å². The lowest BCUT2D eigenvalue weighted by molar-refractivity contribution is -0.121. The molecule has 6 nitrogen and oxygen atoms in total. The number of benzene rings is 2. The molecule has 0 aromatic heterocycles. The van der Waals surface area contributed by atoms with Crippen molar-refractivity contribution in [3.05, 3.63) is 65.7 Å². The molecule has 0 aliphatic carbocycles. The summed E-state index contributed by atoms with van der Waals surface area (Å²) in [6.45, 7) is 4.17. The van der Waals surface area contributed by atoms with Crippen LogP contribution < -0.4 is 5.32 Å². The Bertz CT molecular complexity index is 908. The van der Waals surface area contributed by atoms with Gasteiger partial charge >= 0.3 is 0 Å². The molecule has 1 aliphatic rings. The number of hydrogen-bond acceptors (Lipinski definition) is 4. The molecule has 29 heavy (non-hydrogen) atoms. The lowest BCUT2D eigenvalue weighted by atomic mass is 10.1. The van der Waals surface area contributed by atoms with Crippen LogP contribution in [0.5, 0.6) is 0 Å². The highest BCUT2D eigenvalue weighted by Crippen LogP contribution is 2.24. The maximum absolute atomic E-state index is 12.7. The van der Waals surface area contributed by atoms with Crippen molar-refractivity contribution in [1.82, 2.24) is 14.5 Å². The summed E-state index contributed by atoms with van der Waals surface area (Å²) < 4.78 is 26.5. The topological polar surface area (TPSA) is 69.7 Å². The van der Waals surface area contributed by atoms with E-state index in [1.807, 2.05) is 25.1 Å². The third kappa shape index (κ3) is 5.44. The highest BCUT2D eigenvalue weighted by Gasteiger charge is 2.26. The van der Waals surface area contributed by atoms with E-state index in [9.17, 15) is 13.2 Å². The monoisotopic (exact) mass is 415 g/mol. The number of sulfonamides is 1. The van der Waals surface area contributed by atoms with Crippen LogP contribution in [0.25, 0.3) is 0 Å². The van der Waals surface area contributed by atoms with Crippen molar-refractivity contribution in [3.8, 4) is 0 Å². The van der Waals surface area contributed by atoms with E-state index in [1.165, 1.54) is 7.05 Å². The van der Waals surface area contributed by atoms with Crippen molar-refractivity contribution in [1.29, 1.82) is 0 Å². The van der Waals surface area contributed by atoms with Crippen molar-refractivity contribution in [2.45, 2.75) is 30.7 Å². The average Bonchev–Trinajstić information content (AvgIpc) is 3.24. The van der Waals surface area contributed by atoms with Crippen LogP contribution in [0.4, 0.5) is 0 Å². The van der Waals surface area contributed by atoms with Crippen LogP contribution in [0, 0.1) is 6.92 Å². The lowest BCUT2D eigenvalue weighted by Gasteiger charge is -2.28. The first-order valence-corrected chi connectivity index (χ1v) is 11.4. The Hall–Kier alpha value is -2.22. The van der Waals surface area contributed by atoms with E-state index in [0.29, 0.717) is 6.54 Å². The normalized spacial score (nSPS) is 16.1. The molecule has 1 fully saturated rings. The van der Waals surface area contributed by atoms with Crippen LogP contribution in [-0.2, 0) is 14.8 Å². The molecule has 0 spiro atoms. The van der Waals surface area contributed by atoms with Crippen molar-refractivity contribution in [2.75, 3.05) is 33.2 Å². The maximum Gasteiger partial charge on any atom is 0.243 e. The van der Waals surface area contributed by atoms with Gasteiger partial charge in [-0.2, -0.15) is 4.31 Å². The molecular weight excluding hydrogens is 386 g/mol. The number of carbonyl (C=O) groups is 1. The van der Waals surface area contributed by atoms with Gasteiger partial charge in [-0.15, -0.1) is 0 Å². The number of aryl methyl sites for hydroxylation is 1. The number of nitrogens with one attached hydrogen (secondary N) is 1. The SMILES string of the molecule is Cc1ccc(S(=O)(=O)N(C)CC(=O)NCC(c2ccccc2)N2CCCC2)cc1. The molecule has 2 aromatic carbocycles. The number of hydrogen-bond donors (Lipinski definition) is 1. The number of amides is 1. The minimum Gasteiger partial charge on any atom is -0.353 e. The Kier molecular flexibility index (Phi) is 7.05. The minimum atomic E-state index is -3.70. The van der Waals surface area contributed by atoms with Crippen molar-refractivity contribution >= 4 is 15.9 Å². The first kappa shape index (κ1) is 21.5. The summed E-state index contributed by atoms with van der Waals surface area (Å²) >= 11 is 0. The van der Waals surface area contributed by atoms with E-state index in [4.69, 9.17) is 0 Å². The molecule has 1 atom stereocenters. The van der Waals surface area contributed by atoms with Gasteiger partial charge in [0.1, 0.15) is 0 Å². The molecule has 1 N–H and O–H groups in total. The van der Waals surface area contributed by atoms with E-state index in [1.54, 1.807) is 24.3 Å². The molecule has 156 valence electrons. The van der Waals surface area contributed by atoms with Crippen LogP contribution in [-0.4, -0.2) is 56.8 Å². The Balaban J connectivity index is 1.62. The number of likely N-dealkylation sites (tertiary alicyclic amines) is 1. The van der Waals surface area contributed by atoms with Crippen LogP contribution >= 0.6 is 0 Å². The summed E-state index contributed by atoms with van der Waals surface area (Å²) in [5.74, 6) is -0.302. The van der Waals surface area contributed by atoms with Crippen LogP contribution in [0.3, 0.4) is 0 Å². The molecule has 1 amide bonds. The van der Waals surface area contributed by atoms with Gasteiger partial charge < -0.3 is 5.32 Å². The predicted octanol–water partition coefficient (Wildman–Crippen LogP) is 2.57. The Morgan fingerprint density at radius 3 is 2.31 bits per heavy atom. The number of rotatable bonds is 8. The summed E-state index contributed by atoms with van der Waals surface area (Å²) in [6, 6.07) is 16.9. The summed E-state index contributed by atoms with van der Waals surface area (Å²) in [7, 11) is -2.26. The second kappa shape index (κ2) is 9.52. The van der Waals surface area contributed by atoms with Gasteiger partial charge in [-0.05, 0) is 50.6 Å². The smallest absolute Gasteiger partial charge is 0.243 e. The fourth-order valence-electron chi connectivity index (χ4n) is 3.63. The molecule has 1 saturated heterocycles. The first-order chi connectivity index (χ1) is 13.9. The third-order valence-electron chi connectivity index (χ3n) is 5.35. The average molecular weight is 416 g/mol. The summed E-state index contributed by atoms with van der Waals surface area (Å²) in [5.41, 5.74) is 2.15. The zero-order chi connectivity index (χ0) is 20.9. The zero-order valence-electron chi connectivity index (χ0n) is 17.0. The number of likely N-dealkylation sites (N-methyl/N-ethyl adjacent to an activating group) is 1. The summed E-state index contributed by atoms with van der Waals surface area (Å²) in [5, 5.41) is 2.93. The molecule has 0 bridgehead atoms. The summed E-state index contributed by atoms with van der Waals surface area (Å²) in [4.78, 5) is 15.1. The maximum atomic E-state index is 12.7. The third-order valence-corrected chi connectivity index (χ3v) is 7.17. The van der Waals surface area contributed by atoms with Crippen molar-refractivity contribution in [2.24, 2.45) is 0 Å². The van der Waals surface area contributed by atoms with Gasteiger partial charge in [0, 0.05) is 13.6 Å². The van der Waals surface area contributed by atoms with Crippen LogP contribution in [0.15, 0.2) is 59.5 Å². The van der Waals surface area contributed by atoms with Gasteiger partial charge in [-0.3, -0.25) is 9.69 Å². The van der Waals surface area contributed by atoms with E-state index < -0.39 is 10.0 Å². The second-order valence-corrected chi connectivity index (χ2v) is 9.59. The van der Waals surface area contributed by atoms with Crippen molar-refractivity contribution < 1.29 is 13.2 Å². The van der Waals surface area contributed by atoms with E-state index in [0.717, 1.165) is 41.4 Å². The van der Waals surface area contributed by atoms with Crippen molar-refractivity contribution in [3.63, 3.8) is 0 Å².